The van der Waals surface area contributed by atoms with E-state index < -0.39 is 17.7 Å². The zero-order valence-corrected chi connectivity index (χ0v) is 24.0. The van der Waals surface area contributed by atoms with Crippen LogP contribution in [-0.2, 0) is 20.4 Å². The minimum absolute atomic E-state index is 0.0237. The molecule has 0 aromatic heterocycles. The van der Waals surface area contributed by atoms with Gasteiger partial charge in [-0.15, -0.1) is 0 Å². The summed E-state index contributed by atoms with van der Waals surface area (Å²) in [7, 11) is 3.02. The Bertz CT molecular complexity index is 1420. The lowest BCUT2D eigenvalue weighted by Crippen LogP contribution is -2.29. The highest BCUT2D eigenvalue weighted by Gasteiger charge is 2.47. The van der Waals surface area contributed by atoms with Crippen LogP contribution in [0.2, 0.25) is 0 Å². The predicted octanol–water partition coefficient (Wildman–Crippen LogP) is 6.93. The highest BCUT2D eigenvalue weighted by atomic mass is 16.5. The average molecular weight is 528 g/mol. The quantitative estimate of drug-likeness (QED) is 0.221. The third-order valence-corrected chi connectivity index (χ3v) is 7.21. The number of carbonyl (C=O) groups excluding carboxylic acids is 2. The Hall–Kier alpha value is -4.06. The topological polar surface area (TPSA) is 76.1 Å². The standard InChI is InChI=1S/C33H37NO5/c1-32(2,3)22-12-9-20(10-13-22)28-27(29(35)21-11-18-25(38-7)26(19-21)39-8)30(36)31(37)34(28)24-16-14-23(15-17-24)33(4,5)6/h9-19,28,35H,1-8H3/b29-27-. The van der Waals surface area contributed by atoms with Crippen molar-refractivity contribution in [2.24, 2.45) is 0 Å². The van der Waals surface area contributed by atoms with Gasteiger partial charge in [-0.3, -0.25) is 14.5 Å². The molecule has 0 saturated carbocycles. The smallest absolute Gasteiger partial charge is 0.300 e. The number of aliphatic hydroxyl groups is 1. The van der Waals surface area contributed by atoms with Crippen LogP contribution in [0, 0.1) is 0 Å². The maximum Gasteiger partial charge on any atom is 0.300 e. The van der Waals surface area contributed by atoms with E-state index in [4.69, 9.17) is 9.47 Å². The number of carbonyl (C=O) groups is 2. The van der Waals surface area contributed by atoms with Crippen LogP contribution in [0.4, 0.5) is 5.69 Å². The molecule has 0 radical (unpaired) electrons. The maximum absolute atomic E-state index is 13.6. The first kappa shape index (κ1) is 28.0. The highest BCUT2D eigenvalue weighted by molar-refractivity contribution is 6.51. The monoisotopic (exact) mass is 527 g/mol. The molecular weight excluding hydrogens is 490 g/mol. The first-order chi connectivity index (χ1) is 18.3. The Morgan fingerprint density at radius 3 is 1.74 bits per heavy atom. The molecule has 1 unspecified atom stereocenters. The zero-order valence-electron chi connectivity index (χ0n) is 24.0. The molecule has 1 fully saturated rings. The van der Waals surface area contributed by atoms with Crippen LogP contribution in [0.1, 0.15) is 69.8 Å². The molecule has 204 valence electrons. The van der Waals surface area contributed by atoms with E-state index in [1.807, 2.05) is 48.5 Å². The number of hydrogen-bond donors (Lipinski definition) is 1. The zero-order chi connectivity index (χ0) is 28.7. The number of benzene rings is 3. The number of methoxy groups -OCH3 is 2. The summed E-state index contributed by atoms with van der Waals surface area (Å²) in [6, 6.07) is 19.6. The van der Waals surface area contributed by atoms with Crippen molar-refractivity contribution in [1.29, 1.82) is 0 Å². The van der Waals surface area contributed by atoms with Crippen molar-refractivity contribution < 1.29 is 24.2 Å². The Kier molecular flexibility index (Phi) is 7.35. The first-order valence-electron chi connectivity index (χ1n) is 13.0. The molecule has 0 bridgehead atoms. The van der Waals surface area contributed by atoms with Crippen LogP contribution in [0.5, 0.6) is 11.5 Å². The minimum Gasteiger partial charge on any atom is -0.507 e. The summed E-state index contributed by atoms with van der Waals surface area (Å²) in [4.78, 5) is 28.6. The van der Waals surface area contributed by atoms with Gasteiger partial charge in [0.2, 0.25) is 0 Å². The second-order valence-corrected chi connectivity index (χ2v) is 11.9. The molecule has 1 amide bonds. The van der Waals surface area contributed by atoms with Gasteiger partial charge in [0.05, 0.1) is 25.8 Å². The number of ether oxygens (including phenoxy) is 2. The van der Waals surface area contributed by atoms with Crippen LogP contribution in [-0.4, -0.2) is 31.0 Å². The fourth-order valence-electron chi connectivity index (χ4n) is 4.84. The van der Waals surface area contributed by atoms with Crippen molar-refractivity contribution in [3.63, 3.8) is 0 Å². The molecule has 1 aliphatic rings. The molecule has 0 spiro atoms. The third-order valence-electron chi connectivity index (χ3n) is 7.21. The SMILES string of the molecule is COc1ccc(/C(O)=C2/C(=O)C(=O)N(c3ccc(C(C)(C)C)cc3)C2c2ccc(C(C)(C)C)cc2)cc1OC. The molecule has 6 heteroatoms. The lowest BCUT2D eigenvalue weighted by molar-refractivity contribution is -0.132. The Morgan fingerprint density at radius 2 is 1.26 bits per heavy atom. The number of ketones is 1. The lowest BCUT2D eigenvalue weighted by Gasteiger charge is -2.27. The van der Waals surface area contributed by atoms with Gasteiger partial charge in [-0.05, 0) is 57.9 Å². The van der Waals surface area contributed by atoms with E-state index in [0.717, 1.165) is 16.7 Å². The van der Waals surface area contributed by atoms with Gasteiger partial charge in [-0.2, -0.15) is 0 Å². The van der Waals surface area contributed by atoms with E-state index in [0.29, 0.717) is 22.7 Å². The summed E-state index contributed by atoms with van der Waals surface area (Å²) in [5, 5.41) is 11.5. The van der Waals surface area contributed by atoms with Crippen LogP contribution in [0.15, 0.2) is 72.3 Å². The molecule has 6 nitrogen and oxygen atoms in total. The summed E-state index contributed by atoms with van der Waals surface area (Å²) >= 11 is 0. The van der Waals surface area contributed by atoms with Crippen LogP contribution in [0.25, 0.3) is 5.76 Å². The summed E-state index contributed by atoms with van der Waals surface area (Å²) in [6.07, 6.45) is 0. The fraction of sp³-hybridized carbons (Fsp3) is 0.333. The molecular formula is C33H37NO5. The largest absolute Gasteiger partial charge is 0.507 e. The number of anilines is 1. The van der Waals surface area contributed by atoms with Gasteiger partial charge in [-0.1, -0.05) is 77.9 Å². The van der Waals surface area contributed by atoms with E-state index in [1.165, 1.54) is 19.1 Å². The van der Waals surface area contributed by atoms with E-state index >= 15 is 0 Å². The molecule has 1 heterocycles. The molecule has 0 aliphatic carbocycles. The normalized spacial score (nSPS) is 17.4. The second kappa shape index (κ2) is 10.3. The Labute approximate surface area is 230 Å². The van der Waals surface area contributed by atoms with Crippen LogP contribution >= 0.6 is 0 Å². The lowest BCUT2D eigenvalue weighted by atomic mass is 9.85. The van der Waals surface area contributed by atoms with E-state index in [-0.39, 0.29) is 22.2 Å². The van der Waals surface area contributed by atoms with Crippen molar-refractivity contribution in [1.82, 2.24) is 0 Å². The fourth-order valence-corrected chi connectivity index (χ4v) is 4.84. The van der Waals surface area contributed by atoms with Crippen molar-refractivity contribution in [3.05, 3.63) is 94.6 Å². The van der Waals surface area contributed by atoms with Crippen molar-refractivity contribution in [2.45, 2.75) is 58.4 Å². The van der Waals surface area contributed by atoms with Gasteiger partial charge >= 0.3 is 0 Å². The molecule has 39 heavy (non-hydrogen) atoms. The molecule has 1 aliphatic heterocycles. The molecule has 1 saturated heterocycles. The number of hydrogen-bond acceptors (Lipinski definition) is 5. The van der Waals surface area contributed by atoms with Gasteiger partial charge in [0.25, 0.3) is 11.7 Å². The number of amides is 1. The molecule has 3 aromatic carbocycles. The maximum atomic E-state index is 13.6. The average Bonchev–Trinajstić information content (AvgIpc) is 3.17. The minimum atomic E-state index is -0.812. The highest BCUT2D eigenvalue weighted by Crippen LogP contribution is 2.43. The van der Waals surface area contributed by atoms with Gasteiger partial charge < -0.3 is 14.6 Å². The third kappa shape index (κ3) is 5.29. The number of aliphatic hydroxyl groups excluding tert-OH is 1. The predicted molar refractivity (Wildman–Crippen MR) is 155 cm³/mol. The number of nitrogens with zero attached hydrogens (tertiary/aromatic N) is 1. The number of Topliss-reactive ketones (excluding diaryl/α,β-unsaturated/α-hetero) is 1. The number of rotatable bonds is 5. The van der Waals surface area contributed by atoms with Crippen molar-refractivity contribution >= 4 is 23.1 Å². The van der Waals surface area contributed by atoms with E-state index in [9.17, 15) is 14.7 Å². The summed E-state index contributed by atoms with van der Waals surface area (Å²) in [6.45, 7) is 12.7. The molecule has 3 aromatic rings. The Balaban J connectivity index is 1.92. The second-order valence-electron chi connectivity index (χ2n) is 11.9. The van der Waals surface area contributed by atoms with Gasteiger partial charge in [-0.25, -0.2) is 0 Å². The van der Waals surface area contributed by atoms with Crippen molar-refractivity contribution in [3.8, 4) is 11.5 Å². The first-order valence-corrected chi connectivity index (χ1v) is 13.0. The van der Waals surface area contributed by atoms with E-state index in [2.05, 4.69) is 41.5 Å². The van der Waals surface area contributed by atoms with E-state index in [1.54, 1.807) is 18.2 Å². The van der Waals surface area contributed by atoms with Crippen LogP contribution < -0.4 is 14.4 Å². The summed E-state index contributed by atoms with van der Waals surface area (Å²) < 4.78 is 10.7. The van der Waals surface area contributed by atoms with Crippen molar-refractivity contribution in [2.75, 3.05) is 19.1 Å². The summed E-state index contributed by atoms with van der Waals surface area (Å²) in [5.74, 6) is -0.812. The molecule has 1 atom stereocenters. The van der Waals surface area contributed by atoms with Gasteiger partial charge in [0.15, 0.2) is 11.5 Å². The summed E-state index contributed by atoms with van der Waals surface area (Å²) in [5.41, 5.74) is 3.79. The van der Waals surface area contributed by atoms with Crippen LogP contribution in [0.3, 0.4) is 0 Å². The van der Waals surface area contributed by atoms with Gasteiger partial charge in [0, 0.05) is 11.3 Å². The molecule has 4 rings (SSSR count). The Morgan fingerprint density at radius 1 is 0.744 bits per heavy atom. The van der Waals surface area contributed by atoms with Gasteiger partial charge in [0.1, 0.15) is 5.76 Å². The molecule has 1 N–H and O–H groups in total.